The van der Waals surface area contributed by atoms with Gasteiger partial charge in [-0.25, -0.2) is 0 Å². The van der Waals surface area contributed by atoms with Gasteiger partial charge in [0.25, 0.3) is 11.8 Å². The zero-order valence-corrected chi connectivity index (χ0v) is 15.7. The van der Waals surface area contributed by atoms with Crippen LogP contribution >= 0.6 is 11.3 Å². The second kappa shape index (κ2) is 6.84. The first-order chi connectivity index (χ1) is 11.9. The van der Waals surface area contributed by atoms with Gasteiger partial charge in [-0.1, -0.05) is 32.0 Å². The number of carbonyl (C=O) groups is 2. The van der Waals surface area contributed by atoms with Crippen LogP contribution in [-0.4, -0.2) is 22.8 Å². The van der Waals surface area contributed by atoms with Gasteiger partial charge in [-0.15, -0.1) is 11.3 Å². The molecule has 1 aromatic carbocycles. The number of rotatable bonds is 5. The van der Waals surface area contributed by atoms with E-state index < -0.39 is 0 Å². The van der Waals surface area contributed by atoms with Gasteiger partial charge in [0.2, 0.25) is 0 Å². The highest BCUT2D eigenvalue weighted by atomic mass is 32.1. The Morgan fingerprint density at radius 2 is 1.64 bits per heavy atom. The molecule has 0 aliphatic carbocycles. The first-order valence-corrected chi connectivity index (χ1v) is 9.31. The molecule has 3 rings (SSSR count). The van der Waals surface area contributed by atoms with Crippen LogP contribution in [0.5, 0.6) is 0 Å². The summed E-state index contributed by atoms with van der Waals surface area (Å²) in [5.41, 5.74) is 2.86. The average Bonchev–Trinajstić information content (AvgIpc) is 3.15. The van der Waals surface area contributed by atoms with Crippen molar-refractivity contribution in [2.24, 2.45) is 0 Å². The third-order valence-electron chi connectivity index (χ3n) is 4.25. The molecule has 25 heavy (non-hydrogen) atoms. The highest BCUT2D eigenvalue weighted by molar-refractivity contribution is 7.11. The Morgan fingerprint density at radius 3 is 2.16 bits per heavy atom. The van der Waals surface area contributed by atoms with Crippen LogP contribution in [0, 0.1) is 0 Å². The Morgan fingerprint density at radius 1 is 0.960 bits per heavy atom. The molecule has 5 heteroatoms. The van der Waals surface area contributed by atoms with Crippen molar-refractivity contribution in [2.75, 3.05) is 5.32 Å². The number of hydrogen-bond donors (Lipinski definition) is 1. The van der Waals surface area contributed by atoms with Crippen LogP contribution in [-0.2, 0) is 9.59 Å². The fourth-order valence-electron chi connectivity index (χ4n) is 2.88. The van der Waals surface area contributed by atoms with Crippen molar-refractivity contribution in [3.05, 3.63) is 57.9 Å². The van der Waals surface area contributed by atoms with Gasteiger partial charge in [0.1, 0.15) is 5.70 Å². The van der Waals surface area contributed by atoms with E-state index in [1.807, 2.05) is 55.6 Å². The number of hydrogen-bond acceptors (Lipinski definition) is 4. The van der Waals surface area contributed by atoms with Gasteiger partial charge in [-0.05, 0) is 48.9 Å². The molecule has 0 radical (unpaired) electrons. The van der Waals surface area contributed by atoms with Gasteiger partial charge in [0.05, 0.1) is 5.57 Å². The van der Waals surface area contributed by atoms with Gasteiger partial charge < -0.3 is 5.32 Å². The third kappa shape index (κ3) is 3.24. The van der Waals surface area contributed by atoms with Gasteiger partial charge >= 0.3 is 0 Å². The van der Waals surface area contributed by atoms with Crippen LogP contribution in [0.1, 0.15) is 44.1 Å². The molecule has 2 heterocycles. The number of thiophene rings is 1. The van der Waals surface area contributed by atoms with Gasteiger partial charge in [0, 0.05) is 16.6 Å². The lowest BCUT2D eigenvalue weighted by Crippen LogP contribution is -2.38. The summed E-state index contributed by atoms with van der Waals surface area (Å²) in [7, 11) is 0. The maximum Gasteiger partial charge on any atom is 0.278 e. The maximum absolute atomic E-state index is 12.8. The highest BCUT2D eigenvalue weighted by Crippen LogP contribution is 2.33. The lowest BCUT2D eigenvalue weighted by Gasteiger charge is -2.19. The largest absolute Gasteiger partial charge is 0.350 e. The van der Waals surface area contributed by atoms with Crippen molar-refractivity contribution in [2.45, 2.75) is 39.7 Å². The number of nitrogens with zero attached hydrogens (tertiary/aromatic N) is 1. The second-order valence-electron chi connectivity index (χ2n) is 6.70. The van der Waals surface area contributed by atoms with Gasteiger partial charge in [-0.3, -0.25) is 14.5 Å². The summed E-state index contributed by atoms with van der Waals surface area (Å²) in [6.45, 7) is 7.98. The minimum atomic E-state index is -0.267. The first kappa shape index (κ1) is 17.4. The van der Waals surface area contributed by atoms with Crippen LogP contribution < -0.4 is 5.32 Å². The standard InChI is InChI=1S/C20H22N2O2S/c1-12(2)14-7-9-15(10-8-14)21-18-17(16-6-5-11-25-16)19(23)22(13(3)4)20(18)24/h5-13,21H,1-4H3. The molecule has 0 fully saturated rings. The number of amides is 2. The maximum atomic E-state index is 12.8. The number of benzene rings is 1. The minimum Gasteiger partial charge on any atom is -0.350 e. The van der Waals surface area contributed by atoms with Crippen LogP contribution in [0.15, 0.2) is 47.5 Å². The summed E-state index contributed by atoms with van der Waals surface area (Å²) in [6.07, 6.45) is 0. The Labute approximate surface area is 152 Å². The van der Waals surface area contributed by atoms with Gasteiger partial charge in [0.15, 0.2) is 0 Å². The van der Waals surface area contributed by atoms with Crippen molar-refractivity contribution in [3.63, 3.8) is 0 Å². The van der Waals surface area contributed by atoms with Crippen molar-refractivity contribution < 1.29 is 9.59 Å². The van der Waals surface area contributed by atoms with E-state index in [9.17, 15) is 9.59 Å². The summed E-state index contributed by atoms with van der Waals surface area (Å²) < 4.78 is 0. The molecule has 1 aliphatic heterocycles. The van der Waals surface area contributed by atoms with Crippen molar-refractivity contribution >= 4 is 34.4 Å². The number of nitrogens with one attached hydrogen (secondary N) is 1. The Hall–Kier alpha value is -2.40. The topological polar surface area (TPSA) is 49.4 Å². The van der Waals surface area contributed by atoms with E-state index in [2.05, 4.69) is 19.2 Å². The molecule has 0 saturated carbocycles. The molecular formula is C20H22N2O2S. The van der Waals surface area contributed by atoms with E-state index in [0.29, 0.717) is 17.2 Å². The molecule has 0 spiro atoms. The van der Waals surface area contributed by atoms with Crippen molar-refractivity contribution in [3.8, 4) is 0 Å². The zero-order valence-electron chi connectivity index (χ0n) is 14.9. The van der Waals surface area contributed by atoms with E-state index in [1.165, 1.54) is 21.8 Å². The predicted octanol–water partition coefficient (Wildman–Crippen LogP) is 4.47. The van der Waals surface area contributed by atoms with E-state index in [4.69, 9.17) is 0 Å². The molecular weight excluding hydrogens is 332 g/mol. The second-order valence-corrected chi connectivity index (χ2v) is 7.65. The molecule has 1 N–H and O–H groups in total. The average molecular weight is 354 g/mol. The van der Waals surface area contributed by atoms with E-state index in [0.717, 1.165) is 10.6 Å². The Balaban J connectivity index is 2.00. The molecule has 2 aromatic rings. The summed E-state index contributed by atoms with van der Waals surface area (Å²) in [4.78, 5) is 27.8. The van der Waals surface area contributed by atoms with Crippen LogP contribution in [0.4, 0.5) is 5.69 Å². The molecule has 2 amide bonds. The summed E-state index contributed by atoms with van der Waals surface area (Å²) in [5, 5.41) is 5.09. The summed E-state index contributed by atoms with van der Waals surface area (Å²) >= 11 is 1.46. The van der Waals surface area contributed by atoms with Gasteiger partial charge in [-0.2, -0.15) is 0 Å². The fraction of sp³-hybridized carbons (Fsp3) is 0.300. The molecule has 1 aromatic heterocycles. The monoisotopic (exact) mass is 354 g/mol. The smallest absolute Gasteiger partial charge is 0.278 e. The Bertz CT molecular complexity index is 818. The predicted molar refractivity (Wildman–Crippen MR) is 102 cm³/mol. The SMILES string of the molecule is CC(C)c1ccc(NC2=C(c3cccs3)C(=O)N(C(C)C)C2=O)cc1. The Kier molecular flexibility index (Phi) is 4.77. The van der Waals surface area contributed by atoms with Crippen molar-refractivity contribution in [1.29, 1.82) is 0 Å². The molecule has 0 saturated heterocycles. The fourth-order valence-corrected chi connectivity index (χ4v) is 3.65. The van der Waals surface area contributed by atoms with Crippen molar-refractivity contribution in [1.82, 2.24) is 4.90 Å². The number of carbonyl (C=O) groups excluding carboxylic acids is 2. The molecule has 0 unspecified atom stereocenters. The van der Waals surface area contributed by atoms with Crippen LogP contribution in [0.3, 0.4) is 0 Å². The molecule has 0 atom stereocenters. The van der Waals surface area contributed by atoms with E-state index in [-0.39, 0.29) is 17.9 Å². The van der Waals surface area contributed by atoms with E-state index >= 15 is 0 Å². The highest BCUT2D eigenvalue weighted by Gasteiger charge is 2.40. The number of imide groups is 1. The number of anilines is 1. The quantitative estimate of drug-likeness (QED) is 0.806. The zero-order chi connectivity index (χ0) is 18.1. The van der Waals surface area contributed by atoms with E-state index in [1.54, 1.807) is 0 Å². The summed E-state index contributed by atoms with van der Waals surface area (Å²) in [5.74, 6) is -0.0545. The molecule has 130 valence electrons. The lowest BCUT2D eigenvalue weighted by molar-refractivity contribution is -0.138. The minimum absolute atomic E-state index is 0.183. The lowest BCUT2D eigenvalue weighted by atomic mass is 10.0. The first-order valence-electron chi connectivity index (χ1n) is 8.43. The summed E-state index contributed by atoms with van der Waals surface area (Å²) in [6, 6.07) is 11.6. The normalized spacial score (nSPS) is 15.0. The van der Waals surface area contributed by atoms with Crippen LogP contribution in [0.2, 0.25) is 0 Å². The van der Waals surface area contributed by atoms with Crippen LogP contribution in [0.25, 0.3) is 5.57 Å². The third-order valence-corrected chi connectivity index (χ3v) is 5.13. The molecule has 4 nitrogen and oxygen atoms in total. The molecule has 1 aliphatic rings. The molecule has 0 bridgehead atoms.